The van der Waals surface area contributed by atoms with E-state index in [9.17, 15) is 18.0 Å². The molecule has 0 saturated carbocycles. The molecule has 1 N–H and O–H groups in total. The van der Waals surface area contributed by atoms with E-state index < -0.39 is 17.3 Å². The number of carbonyl (C=O) groups is 1. The van der Waals surface area contributed by atoms with Gasteiger partial charge in [0.2, 0.25) is 11.6 Å². The fraction of sp³-hybridized carbons (Fsp3) is 0.421. The molecule has 2 aliphatic rings. The van der Waals surface area contributed by atoms with Gasteiger partial charge in [0.1, 0.15) is 0 Å². The van der Waals surface area contributed by atoms with Crippen LogP contribution in [0.25, 0.3) is 0 Å². The lowest BCUT2D eigenvalue weighted by Gasteiger charge is -2.38. The van der Waals surface area contributed by atoms with Gasteiger partial charge < -0.3 is 15.0 Å². The van der Waals surface area contributed by atoms with Crippen molar-refractivity contribution >= 4 is 33.3 Å². The summed E-state index contributed by atoms with van der Waals surface area (Å²) in [6.07, 6.45) is -3.59. The topological polar surface area (TPSA) is 67.3 Å². The Morgan fingerprint density at radius 1 is 1.24 bits per heavy atom. The van der Waals surface area contributed by atoms with Gasteiger partial charge in [-0.15, -0.1) is 10.2 Å². The highest BCUT2D eigenvalue weighted by molar-refractivity contribution is 9.10. The van der Waals surface area contributed by atoms with Gasteiger partial charge in [0, 0.05) is 29.3 Å². The first-order chi connectivity index (χ1) is 13.7. The number of benzene rings is 1. The normalized spacial score (nSPS) is 18.0. The van der Waals surface area contributed by atoms with E-state index in [1.54, 1.807) is 6.92 Å². The molecule has 1 amide bonds. The molecule has 4 rings (SSSR count). The number of carbonyl (C=O) groups excluding carboxylic acids is 1. The molecule has 10 heteroatoms. The second-order valence-corrected chi connectivity index (χ2v) is 7.98. The van der Waals surface area contributed by atoms with Crippen molar-refractivity contribution in [3.8, 4) is 5.75 Å². The smallest absolute Gasteiger partial charge is 0.438 e. The van der Waals surface area contributed by atoms with E-state index in [4.69, 9.17) is 4.74 Å². The molecule has 6 nitrogen and oxygen atoms in total. The maximum atomic E-state index is 13.1. The van der Waals surface area contributed by atoms with E-state index in [1.807, 2.05) is 23.1 Å². The molecular weight excluding hydrogens is 453 g/mol. The lowest BCUT2D eigenvalue weighted by Crippen LogP contribution is -2.46. The third-order valence-electron chi connectivity index (χ3n) is 5.44. The number of hydrogen-bond acceptors (Lipinski definition) is 5. The van der Waals surface area contributed by atoms with Crippen LogP contribution in [0.4, 0.5) is 24.7 Å². The Bertz CT molecular complexity index is 959. The lowest BCUT2D eigenvalue weighted by atomic mass is 9.73. The van der Waals surface area contributed by atoms with Gasteiger partial charge in [-0.25, -0.2) is 0 Å². The van der Waals surface area contributed by atoms with E-state index >= 15 is 0 Å². The first-order valence-electron chi connectivity index (χ1n) is 9.19. The molecule has 1 aromatic heterocycles. The van der Waals surface area contributed by atoms with Crippen LogP contribution in [0, 0.1) is 0 Å². The number of piperidine rings is 1. The number of amides is 1. The van der Waals surface area contributed by atoms with Crippen LogP contribution >= 0.6 is 15.9 Å². The van der Waals surface area contributed by atoms with Crippen LogP contribution in [0.15, 0.2) is 28.7 Å². The number of nitrogens with zero attached hydrogens (tertiary/aromatic N) is 3. The first-order valence-corrected chi connectivity index (χ1v) is 9.98. The van der Waals surface area contributed by atoms with Crippen LogP contribution in [-0.4, -0.2) is 35.8 Å². The zero-order valence-corrected chi connectivity index (χ0v) is 17.1. The van der Waals surface area contributed by atoms with Gasteiger partial charge in [-0.3, -0.25) is 4.79 Å². The summed E-state index contributed by atoms with van der Waals surface area (Å²) in [5, 5.41) is 10.1. The summed E-state index contributed by atoms with van der Waals surface area (Å²) >= 11 is 3.46. The Hall–Kier alpha value is -2.36. The van der Waals surface area contributed by atoms with Crippen LogP contribution in [0.5, 0.6) is 5.75 Å². The van der Waals surface area contributed by atoms with Crippen molar-refractivity contribution < 1.29 is 22.7 Å². The van der Waals surface area contributed by atoms with Gasteiger partial charge >= 0.3 is 6.18 Å². The number of nitrogens with one attached hydrogen (secondary N) is 1. The number of ether oxygens (including phenoxy) is 1. The molecule has 2 aliphatic heterocycles. The summed E-state index contributed by atoms with van der Waals surface area (Å²) in [6.45, 7) is 2.62. The predicted molar refractivity (Wildman–Crippen MR) is 104 cm³/mol. The molecule has 2 aromatic rings. The molecule has 0 unspecified atom stereocenters. The molecule has 29 heavy (non-hydrogen) atoms. The van der Waals surface area contributed by atoms with Crippen molar-refractivity contribution in [1.82, 2.24) is 10.2 Å². The molecule has 0 atom stereocenters. The van der Waals surface area contributed by atoms with Crippen molar-refractivity contribution in [2.24, 2.45) is 0 Å². The SMILES string of the molecule is CCOc1cc(N2CCC3(CC2)C(=O)Nc2ccc(Br)cc23)nnc1C(F)(F)F. The second kappa shape index (κ2) is 7.16. The lowest BCUT2D eigenvalue weighted by molar-refractivity contribution is -0.143. The molecule has 1 fully saturated rings. The molecule has 154 valence electrons. The number of fused-ring (bicyclic) bond motifs is 2. The third-order valence-corrected chi connectivity index (χ3v) is 5.93. The van der Waals surface area contributed by atoms with Gasteiger partial charge in [-0.2, -0.15) is 13.2 Å². The number of aromatic nitrogens is 2. The Labute approximate surface area is 173 Å². The molecule has 0 radical (unpaired) electrons. The van der Waals surface area contributed by atoms with Gasteiger partial charge in [-0.1, -0.05) is 15.9 Å². The second-order valence-electron chi connectivity index (χ2n) is 7.06. The Morgan fingerprint density at radius 3 is 2.62 bits per heavy atom. The van der Waals surface area contributed by atoms with Crippen molar-refractivity contribution in [2.45, 2.75) is 31.4 Å². The number of hydrogen-bond donors (Lipinski definition) is 1. The highest BCUT2D eigenvalue weighted by Gasteiger charge is 2.48. The summed E-state index contributed by atoms with van der Waals surface area (Å²) < 4.78 is 45.4. The third kappa shape index (κ3) is 3.43. The zero-order valence-electron chi connectivity index (χ0n) is 15.5. The molecule has 1 spiro atoms. The van der Waals surface area contributed by atoms with E-state index in [0.717, 1.165) is 15.7 Å². The molecular formula is C19H18BrF3N4O2. The van der Waals surface area contributed by atoms with Crippen molar-refractivity contribution in [1.29, 1.82) is 0 Å². The van der Waals surface area contributed by atoms with E-state index in [2.05, 4.69) is 31.4 Å². The minimum Gasteiger partial charge on any atom is -0.491 e. The average Bonchev–Trinajstić information content (AvgIpc) is 2.93. The van der Waals surface area contributed by atoms with Crippen molar-refractivity contribution in [3.63, 3.8) is 0 Å². The van der Waals surface area contributed by atoms with Crippen LogP contribution in [-0.2, 0) is 16.4 Å². The quantitative estimate of drug-likeness (QED) is 0.729. The van der Waals surface area contributed by atoms with E-state index in [0.29, 0.717) is 31.7 Å². The largest absolute Gasteiger partial charge is 0.491 e. The monoisotopic (exact) mass is 470 g/mol. The van der Waals surface area contributed by atoms with Crippen LogP contribution < -0.4 is 15.0 Å². The van der Waals surface area contributed by atoms with Gasteiger partial charge in [0.25, 0.3) is 0 Å². The number of halogens is 4. The minimum atomic E-state index is -4.64. The van der Waals surface area contributed by atoms with Crippen molar-refractivity contribution in [3.05, 3.63) is 40.0 Å². The van der Waals surface area contributed by atoms with E-state index in [-0.39, 0.29) is 18.3 Å². The molecule has 0 aliphatic carbocycles. The fourth-order valence-corrected chi connectivity index (χ4v) is 4.34. The molecule has 0 bridgehead atoms. The van der Waals surface area contributed by atoms with Crippen LogP contribution in [0.3, 0.4) is 0 Å². The summed E-state index contributed by atoms with van der Waals surface area (Å²) in [5.74, 6) is -0.0684. The fourth-order valence-electron chi connectivity index (χ4n) is 3.98. The van der Waals surface area contributed by atoms with Gasteiger partial charge in [0.15, 0.2) is 11.6 Å². The molecule has 1 saturated heterocycles. The van der Waals surface area contributed by atoms with Crippen LogP contribution in [0.1, 0.15) is 31.0 Å². The Kier molecular flexibility index (Phi) is 4.92. The number of rotatable bonds is 3. The molecule has 3 heterocycles. The standard InChI is InChI=1S/C19H18BrF3N4O2/c1-2-29-14-10-15(25-26-16(14)19(21,22)23)27-7-5-18(6-8-27)12-9-11(20)3-4-13(12)24-17(18)28/h3-4,9-10H,2,5-8H2,1H3,(H,24,28). The highest BCUT2D eigenvalue weighted by Crippen LogP contribution is 2.46. The maximum Gasteiger partial charge on any atom is 0.438 e. The number of anilines is 2. The Balaban J connectivity index is 1.59. The maximum absolute atomic E-state index is 13.1. The summed E-state index contributed by atoms with van der Waals surface area (Å²) in [6, 6.07) is 6.97. The van der Waals surface area contributed by atoms with Crippen molar-refractivity contribution in [2.75, 3.05) is 29.9 Å². The summed E-state index contributed by atoms with van der Waals surface area (Å²) in [5.41, 5.74) is -0.0206. The Morgan fingerprint density at radius 2 is 1.97 bits per heavy atom. The summed E-state index contributed by atoms with van der Waals surface area (Å²) in [7, 11) is 0. The zero-order chi connectivity index (χ0) is 20.8. The van der Waals surface area contributed by atoms with E-state index in [1.165, 1.54) is 6.07 Å². The van der Waals surface area contributed by atoms with Gasteiger partial charge in [-0.05, 0) is 43.5 Å². The predicted octanol–water partition coefficient (Wildman–Crippen LogP) is 4.15. The van der Waals surface area contributed by atoms with Gasteiger partial charge in [0.05, 0.1) is 12.0 Å². The number of alkyl halides is 3. The summed E-state index contributed by atoms with van der Waals surface area (Å²) in [4.78, 5) is 14.6. The average molecular weight is 471 g/mol. The first kappa shape index (κ1) is 19.9. The minimum absolute atomic E-state index is 0.0428. The van der Waals surface area contributed by atoms with Crippen LogP contribution in [0.2, 0.25) is 0 Å². The molecule has 1 aromatic carbocycles. The highest BCUT2D eigenvalue weighted by atomic mass is 79.9.